The van der Waals surface area contributed by atoms with Crippen molar-refractivity contribution in [2.75, 3.05) is 19.6 Å². The van der Waals surface area contributed by atoms with E-state index in [1.807, 2.05) is 0 Å². The maximum absolute atomic E-state index is 5.86. The third-order valence-corrected chi connectivity index (χ3v) is 3.94. The molecule has 0 amide bonds. The summed E-state index contributed by atoms with van der Waals surface area (Å²) in [6.07, 6.45) is 6.57. The van der Waals surface area contributed by atoms with Gasteiger partial charge >= 0.3 is 0 Å². The molecule has 1 fully saturated rings. The van der Waals surface area contributed by atoms with Crippen LogP contribution < -0.4 is 5.73 Å². The van der Waals surface area contributed by atoms with E-state index in [1.54, 1.807) is 0 Å². The van der Waals surface area contributed by atoms with Crippen LogP contribution in [0.15, 0.2) is 0 Å². The fraction of sp³-hybridized carbons (Fsp3) is 1.00. The Hall–Kier alpha value is -0.0800. The van der Waals surface area contributed by atoms with Crippen molar-refractivity contribution in [3.63, 3.8) is 0 Å². The van der Waals surface area contributed by atoms with Crippen molar-refractivity contribution >= 4 is 0 Å². The van der Waals surface area contributed by atoms with Crippen molar-refractivity contribution in [3.05, 3.63) is 0 Å². The van der Waals surface area contributed by atoms with Gasteiger partial charge in [0.15, 0.2) is 0 Å². The molecular formula is C13H28N2. The Morgan fingerprint density at radius 3 is 2.40 bits per heavy atom. The zero-order chi connectivity index (χ0) is 11.3. The van der Waals surface area contributed by atoms with Crippen molar-refractivity contribution < 1.29 is 0 Å². The van der Waals surface area contributed by atoms with Crippen LogP contribution in [0.2, 0.25) is 0 Å². The van der Waals surface area contributed by atoms with Crippen LogP contribution in [0, 0.1) is 5.41 Å². The number of hydrogen-bond donors (Lipinski definition) is 1. The zero-order valence-corrected chi connectivity index (χ0v) is 10.8. The third-order valence-electron chi connectivity index (χ3n) is 3.94. The summed E-state index contributed by atoms with van der Waals surface area (Å²) in [5.74, 6) is 0. The van der Waals surface area contributed by atoms with Crippen molar-refractivity contribution in [2.24, 2.45) is 11.1 Å². The standard InChI is InChI=1S/C13H28N2/c1-4-6-9-15(12(3)5-2)11-13(10-14)7-8-13/h12H,4-11,14H2,1-3H3. The fourth-order valence-corrected chi connectivity index (χ4v) is 2.11. The molecule has 0 radical (unpaired) electrons. The first-order chi connectivity index (χ1) is 7.17. The molecule has 0 saturated heterocycles. The maximum Gasteiger partial charge on any atom is 0.00645 e. The Morgan fingerprint density at radius 1 is 1.33 bits per heavy atom. The highest BCUT2D eigenvalue weighted by Crippen LogP contribution is 2.45. The minimum Gasteiger partial charge on any atom is -0.330 e. The van der Waals surface area contributed by atoms with E-state index in [4.69, 9.17) is 5.73 Å². The van der Waals surface area contributed by atoms with Gasteiger partial charge in [0.25, 0.3) is 0 Å². The second kappa shape index (κ2) is 5.86. The van der Waals surface area contributed by atoms with Gasteiger partial charge in [-0.25, -0.2) is 0 Å². The molecular weight excluding hydrogens is 184 g/mol. The Labute approximate surface area is 95.2 Å². The smallest absolute Gasteiger partial charge is 0.00645 e. The van der Waals surface area contributed by atoms with E-state index < -0.39 is 0 Å². The zero-order valence-electron chi connectivity index (χ0n) is 10.8. The first-order valence-corrected chi connectivity index (χ1v) is 6.61. The molecule has 1 unspecified atom stereocenters. The fourth-order valence-electron chi connectivity index (χ4n) is 2.11. The minimum atomic E-state index is 0.497. The highest BCUT2D eigenvalue weighted by molar-refractivity contribution is 4.96. The monoisotopic (exact) mass is 212 g/mol. The van der Waals surface area contributed by atoms with Gasteiger partial charge in [-0.2, -0.15) is 0 Å². The molecule has 0 aromatic rings. The van der Waals surface area contributed by atoms with Gasteiger partial charge in [0.05, 0.1) is 0 Å². The molecule has 1 rings (SSSR count). The Morgan fingerprint density at radius 2 is 2.00 bits per heavy atom. The highest BCUT2D eigenvalue weighted by atomic mass is 15.2. The lowest BCUT2D eigenvalue weighted by Crippen LogP contribution is -2.40. The summed E-state index contributed by atoms with van der Waals surface area (Å²) >= 11 is 0. The summed E-state index contributed by atoms with van der Waals surface area (Å²) in [7, 11) is 0. The molecule has 0 heterocycles. The molecule has 2 nitrogen and oxygen atoms in total. The molecule has 2 heteroatoms. The number of rotatable bonds is 8. The molecule has 2 N–H and O–H groups in total. The van der Waals surface area contributed by atoms with Gasteiger partial charge in [0, 0.05) is 12.6 Å². The molecule has 1 atom stereocenters. The topological polar surface area (TPSA) is 29.3 Å². The summed E-state index contributed by atoms with van der Waals surface area (Å²) in [4.78, 5) is 2.66. The van der Waals surface area contributed by atoms with Crippen LogP contribution in [-0.2, 0) is 0 Å². The summed E-state index contributed by atoms with van der Waals surface area (Å²) < 4.78 is 0. The normalized spacial score (nSPS) is 20.6. The van der Waals surface area contributed by atoms with Crippen LogP contribution in [0.4, 0.5) is 0 Å². The molecule has 15 heavy (non-hydrogen) atoms. The van der Waals surface area contributed by atoms with Crippen LogP contribution in [-0.4, -0.2) is 30.6 Å². The summed E-state index contributed by atoms with van der Waals surface area (Å²) in [6.45, 7) is 10.3. The molecule has 90 valence electrons. The van der Waals surface area contributed by atoms with Crippen LogP contribution >= 0.6 is 0 Å². The van der Waals surface area contributed by atoms with Crippen molar-refractivity contribution in [3.8, 4) is 0 Å². The maximum atomic E-state index is 5.86. The predicted molar refractivity (Wildman–Crippen MR) is 67.0 cm³/mol. The second-order valence-electron chi connectivity index (χ2n) is 5.29. The number of unbranched alkanes of at least 4 members (excludes halogenated alkanes) is 1. The first kappa shape index (κ1) is 13.0. The minimum absolute atomic E-state index is 0.497. The van der Waals surface area contributed by atoms with Crippen molar-refractivity contribution in [1.82, 2.24) is 4.90 Å². The largest absolute Gasteiger partial charge is 0.330 e. The molecule has 0 bridgehead atoms. The van der Waals surface area contributed by atoms with E-state index in [9.17, 15) is 0 Å². The molecule has 1 saturated carbocycles. The van der Waals surface area contributed by atoms with Crippen LogP contribution in [0.3, 0.4) is 0 Å². The molecule has 1 aliphatic rings. The second-order valence-corrected chi connectivity index (χ2v) is 5.29. The van der Waals surface area contributed by atoms with E-state index in [2.05, 4.69) is 25.7 Å². The number of nitrogens with two attached hydrogens (primary N) is 1. The van der Waals surface area contributed by atoms with E-state index in [1.165, 1.54) is 45.2 Å². The molecule has 0 aromatic carbocycles. The number of nitrogens with zero attached hydrogens (tertiary/aromatic N) is 1. The van der Waals surface area contributed by atoms with Crippen molar-refractivity contribution in [1.29, 1.82) is 0 Å². The molecule has 0 aliphatic heterocycles. The lowest BCUT2D eigenvalue weighted by Gasteiger charge is -2.31. The van der Waals surface area contributed by atoms with Crippen LogP contribution in [0.25, 0.3) is 0 Å². The lowest BCUT2D eigenvalue weighted by molar-refractivity contribution is 0.163. The summed E-state index contributed by atoms with van der Waals surface area (Å²) in [6, 6.07) is 0.723. The average molecular weight is 212 g/mol. The number of hydrogen-bond acceptors (Lipinski definition) is 2. The Bertz CT molecular complexity index is 175. The third kappa shape index (κ3) is 3.76. The molecule has 0 aromatic heterocycles. The van der Waals surface area contributed by atoms with Crippen LogP contribution in [0.1, 0.15) is 52.9 Å². The molecule has 0 spiro atoms. The molecule has 1 aliphatic carbocycles. The van der Waals surface area contributed by atoms with Gasteiger partial charge in [-0.1, -0.05) is 20.3 Å². The SMILES string of the molecule is CCCCN(CC1(CN)CC1)C(C)CC. The van der Waals surface area contributed by atoms with Gasteiger partial charge in [0.1, 0.15) is 0 Å². The van der Waals surface area contributed by atoms with Gasteiger partial charge in [-0.05, 0) is 51.1 Å². The van der Waals surface area contributed by atoms with E-state index >= 15 is 0 Å². The lowest BCUT2D eigenvalue weighted by atomic mass is 10.0. The Kier molecular flexibility index (Phi) is 5.07. The quantitative estimate of drug-likeness (QED) is 0.670. The van der Waals surface area contributed by atoms with E-state index in [0.717, 1.165) is 12.6 Å². The van der Waals surface area contributed by atoms with Gasteiger partial charge in [-0.15, -0.1) is 0 Å². The van der Waals surface area contributed by atoms with Crippen LogP contribution in [0.5, 0.6) is 0 Å². The highest BCUT2D eigenvalue weighted by Gasteiger charge is 2.42. The van der Waals surface area contributed by atoms with Gasteiger partial charge < -0.3 is 10.6 Å². The Balaban J connectivity index is 2.41. The summed E-state index contributed by atoms with van der Waals surface area (Å²) in [5, 5.41) is 0. The average Bonchev–Trinajstić information content (AvgIpc) is 3.03. The first-order valence-electron chi connectivity index (χ1n) is 6.61. The van der Waals surface area contributed by atoms with Crippen molar-refractivity contribution in [2.45, 2.75) is 58.9 Å². The van der Waals surface area contributed by atoms with Gasteiger partial charge in [-0.3, -0.25) is 0 Å². The van der Waals surface area contributed by atoms with E-state index in [-0.39, 0.29) is 0 Å². The predicted octanol–water partition coefficient (Wildman–Crippen LogP) is 2.63. The van der Waals surface area contributed by atoms with Gasteiger partial charge in [0.2, 0.25) is 0 Å². The summed E-state index contributed by atoms with van der Waals surface area (Å²) in [5.41, 5.74) is 6.36. The van der Waals surface area contributed by atoms with E-state index in [0.29, 0.717) is 5.41 Å².